The van der Waals surface area contributed by atoms with Crippen LogP contribution < -0.4 is 9.64 Å². The second-order valence-electron chi connectivity index (χ2n) is 9.40. The summed E-state index contributed by atoms with van der Waals surface area (Å²) in [6.45, 7) is 9.52. The number of carbonyl (C=O) groups excluding carboxylic acids is 3. The van der Waals surface area contributed by atoms with Crippen LogP contribution in [0.15, 0.2) is 12.1 Å². The number of carbonyl (C=O) groups is 3. The van der Waals surface area contributed by atoms with E-state index in [2.05, 4.69) is 0 Å². The average molecular weight is 476 g/mol. The van der Waals surface area contributed by atoms with Gasteiger partial charge in [-0.15, -0.1) is 0 Å². The second-order valence-corrected chi connectivity index (χ2v) is 9.40. The van der Waals surface area contributed by atoms with Crippen LogP contribution in [-0.2, 0) is 23.8 Å². The number of ether oxygens (including phenoxy) is 4. The Labute approximate surface area is 201 Å². The lowest BCUT2D eigenvalue weighted by Gasteiger charge is -2.37. The van der Waals surface area contributed by atoms with Gasteiger partial charge in [-0.2, -0.15) is 0 Å². The summed E-state index contributed by atoms with van der Waals surface area (Å²) >= 11 is 0. The maximum atomic E-state index is 13.2. The van der Waals surface area contributed by atoms with Crippen LogP contribution in [-0.4, -0.2) is 43.1 Å². The summed E-state index contributed by atoms with van der Waals surface area (Å²) in [6.07, 6.45) is 2.97. The van der Waals surface area contributed by atoms with E-state index in [1.54, 1.807) is 4.90 Å². The number of hydrogen-bond donors (Lipinski definition) is 0. The molecule has 0 spiro atoms. The van der Waals surface area contributed by atoms with Crippen LogP contribution in [0.4, 0.5) is 10.5 Å². The Morgan fingerprint density at radius 1 is 1.12 bits per heavy atom. The van der Waals surface area contributed by atoms with Gasteiger partial charge in [-0.3, -0.25) is 9.59 Å². The van der Waals surface area contributed by atoms with Crippen molar-refractivity contribution in [3.05, 3.63) is 23.3 Å². The Kier molecular flexibility index (Phi) is 8.80. The quantitative estimate of drug-likeness (QED) is 0.376. The van der Waals surface area contributed by atoms with Gasteiger partial charge in [-0.1, -0.05) is 26.3 Å². The van der Waals surface area contributed by atoms with Crippen molar-refractivity contribution in [2.45, 2.75) is 98.1 Å². The molecular formula is C26H37NO7. The minimum atomic E-state index is -1.08. The summed E-state index contributed by atoms with van der Waals surface area (Å²) in [5.41, 5.74) is 2.61. The molecule has 1 saturated carbocycles. The zero-order valence-electron chi connectivity index (χ0n) is 20.9. The highest BCUT2D eigenvalue weighted by molar-refractivity contribution is 6.01. The molecule has 8 nitrogen and oxygen atoms in total. The monoisotopic (exact) mass is 475 g/mol. The van der Waals surface area contributed by atoms with E-state index >= 15 is 0 Å². The van der Waals surface area contributed by atoms with Gasteiger partial charge in [0.15, 0.2) is 6.10 Å². The molecule has 0 bridgehead atoms. The third kappa shape index (κ3) is 6.42. The van der Waals surface area contributed by atoms with Crippen molar-refractivity contribution < 1.29 is 33.3 Å². The van der Waals surface area contributed by atoms with Crippen LogP contribution >= 0.6 is 0 Å². The molecule has 1 amide bonds. The molecular weight excluding hydrogens is 438 g/mol. The first kappa shape index (κ1) is 25.8. The Balaban J connectivity index is 1.59. The molecule has 1 aromatic carbocycles. The largest absolute Gasteiger partial charge is 0.511 e. The zero-order valence-corrected chi connectivity index (χ0v) is 20.9. The van der Waals surface area contributed by atoms with E-state index in [0.717, 1.165) is 49.7 Å². The first-order valence-corrected chi connectivity index (χ1v) is 12.4. The van der Waals surface area contributed by atoms with E-state index < -0.39 is 24.5 Å². The van der Waals surface area contributed by atoms with Crippen molar-refractivity contribution >= 4 is 23.7 Å². The Hall–Kier alpha value is -2.77. The fourth-order valence-electron chi connectivity index (χ4n) is 4.49. The van der Waals surface area contributed by atoms with Gasteiger partial charge >= 0.3 is 12.1 Å². The summed E-state index contributed by atoms with van der Waals surface area (Å²) < 4.78 is 21.7. The van der Waals surface area contributed by atoms with Crippen molar-refractivity contribution in [3.8, 4) is 5.75 Å². The van der Waals surface area contributed by atoms with E-state index in [9.17, 15) is 14.4 Å². The first-order valence-electron chi connectivity index (χ1n) is 12.4. The molecule has 1 aromatic rings. The van der Waals surface area contributed by atoms with E-state index in [1.807, 2.05) is 39.8 Å². The van der Waals surface area contributed by atoms with Crippen molar-refractivity contribution in [2.75, 3.05) is 11.4 Å². The maximum absolute atomic E-state index is 13.2. The zero-order chi connectivity index (χ0) is 24.8. The highest BCUT2D eigenvalue weighted by Crippen LogP contribution is 2.39. The van der Waals surface area contributed by atoms with Gasteiger partial charge in [-0.25, -0.2) is 4.79 Å². The molecule has 0 N–H and O–H groups in total. The van der Waals surface area contributed by atoms with Gasteiger partial charge in [0.2, 0.25) is 6.29 Å². The molecule has 3 rings (SSSR count). The molecule has 3 atom stereocenters. The SMILES string of the molecule is CCC(C)C1Oc2c(C)cc(C)cc2N(CCC(=O)OC(C)OC(=O)OC2CCCCC2)C1=O. The molecule has 1 aliphatic heterocycles. The number of rotatable bonds is 8. The van der Waals surface area contributed by atoms with E-state index in [0.29, 0.717) is 11.4 Å². The minimum Gasteiger partial charge on any atom is -0.478 e. The highest BCUT2D eigenvalue weighted by Gasteiger charge is 2.38. The van der Waals surface area contributed by atoms with Crippen molar-refractivity contribution in [3.63, 3.8) is 0 Å². The number of nitrogens with zero attached hydrogens (tertiary/aromatic N) is 1. The lowest BCUT2D eigenvalue weighted by molar-refractivity contribution is -0.168. The number of hydrogen-bond acceptors (Lipinski definition) is 7. The Bertz CT molecular complexity index is 893. The summed E-state index contributed by atoms with van der Waals surface area (Å²) in [5, 5.41) is 0. The lowest BCUT2D eigenvalue weighted by atomic mass is 9.97. The predicted molar refractivity (Wildman–Crippen MR) is 127 cm³/mol. The molecule has 0 saturated heterocycles. The number of aryl methyl sites for hydroxylation is 2. The Morgan fingerprint density at radius 2 is 1.82 bits per heavy atom. The fraction of sp³-hybridized carbons (Fsp3) is 0.654. The molecule has 34 heavy (non-hydrogen) atoms. The highest BCUT2D eigenvalue weighted by atomic mass is 16.8. The van der Waals surface area contributed by atoms with Crippen LogP contribution in [0.1, 0.15) is 76.8 Å². The third-order valence-electron chi connectivity index (χ3n) is 6.52. The molecule has 0 aromatic heterocycles. The number of esters is 1. The average Bonchev–Trinajstić information content (AvgIpc) is 2.78. The van der Waals surface area contributed by atoms with E-state index in [4.69, 9.17) is 18.9 Å². The van der Waals surface area contributed by atoms with Crippen LogP contribution in [0.25, 0.3) is 0 Å². The summed E-state index contributed by atoms with van der Waals surface area (Å²) in [5.74, 6) is -0.0336. The molecule has 0 radical (unpaired) electrons. The van der Waals surface area contributed by atoms with Crippen LogP contribution in [0.3, 0.4) is 0 Å². The summed E-state index contributed by atoms with van der Waals surface area (Å²) in [7, 11) is 0. The molecule has 3 unspecified atom stereocenters. The van der Waals surface area contributed by atoms with Crippen molar-refractivity contribution in [1.82, 2.24) is 0 Å². The van der Waals surface area contributed by atoms with Gasteiger partial charge in [0.05, 0.1) is 12.1 Å². The number of fused-ring (bicyclic) bond motifs is 1. The summed E-state index contributed by atoms with van der Waals surface area (Å²) in [4.78, 5) is 39.3. The first-order chi connectivity index (χ1) is 16.2. The van der Waals surface area contributed by atoms with Crippen LogP contribution in [0.5, 0.6) is 5.75 Å². The third-order valence-corrected chi connectivity index (χ3v) is 6.52. The van der Waals surface area contributed by atoms with Gasteiger partial charge in [0, 0.05) is 19.4 Å². The van der Waals surface area contributed by atoms with Crippen LogP contribution in [0, 0.1) is 19.8 Å². The number of anilines is 1. The molecule has 1 fully saturated rings. The summed E-state index contributed by atoms with van der Waals surface area (Å²) in [6, 6.07) is 3.91. The Morgan fingerprint density at radius 3 is 2.50 bits per heavy atom. The van der Waals surface area contributed by atoms with Crippen molar-refractivity contribution in [2.24, 2.45) is 5.92 Å². The number of amides is 1. The second kappa shape index (κ2) is 11.6. The lowest BCUT2D eigenvalue weighted by Crippen LogP contribution is -2.49. The van der Waals surface area contributed by atoms with E-state index in [-0.39, 0.29) is 30.9 Å². The van der Waals surface area contributed by atoms with Gasteiger partial charge in [-0.05, 0) is 63.1 Å². The molecule has 1 heterocycles. The predicted octanol–water partition coefficient (Wildman–Crippen LogP) is 5.21. The molecule has 8 heteroatoms. The van der Waals surface area contributed by atoms with Crippen molar-refractivity contribution in [1.29, 1.82) is 0 Å². The number of benzene rings is 1. The standard InChI is InChI=1S/C26H37NO7/c1-6-17(3)24-25(29)27(21-15-16(2)14-18(4)23(21)34-24)13-12-22(28)31-19(5)32-26(30)33-20-10-8-7-9-11-20/h14-15,17,19-20,24H,6-13H2,1-5H3. The topological polar surface area (TPSA) is 91.4 Å². The van der Waals surface area contributed by atoms with Gasteiger partial charge in [0.25, 0.3) is 5.91 Å². The van der Waals surface area contributed by atoms with Gasteiger partial charge < -0.3 is 23.8 Å². The maximum Gasteiger partial charge on any atom is 0.511 e. The van der Waals surface area contributed by atoms with Crippen LogP contribution in [0.2, 0.25) is 0 Å². The fourth-order valence-corrected chi connectivity index (χ4v) is 4.49. The molecule has 1 aliphatic carbocycles. The van der Waals surface area contributed by atoms with Gasteiger partial charge in [0.1, 0.15) is 11.9 Å². The normalized spacial score (nSPS) is 20.1. The smallest absolute Gasteiger partial charge is 0.478 e. The molecule has 2 aliphatic rings. The van der Waals surface area contributed by atoms with E-state index in [1.165, 1.54) is 6.92 Å². The molecule has 188 valence electrons. The minimum absolute atomic E-state index is 0.0272.